The Bertz CT molecular complexity index is 1660. The average molecular weight is 629 g/mol. The van der Waals surface area contributed by atoms with E-state index >= 15 is 0 Å². The number of oxime groups is 1. The lowest BCUT2D eigenvalue weighted by Gasteiger charge is -2.49. The number of rotatable bonds is 9. The summed E-state index contributed by atoms with van der Waals surface area (Å²) in [4.78, 5) is 49.5. The molecule has 6 rings (SSSR count). The summed E-state index contributed by atoms with van der Waals surface area (Å²) in [5.74, 6) is -2.13. The summed E-state index contributed by atoms with van der Waals surface area (Å²) >= 11 is 3.60. The van der Waals surface area contributed by atoms with E-state index in [9.17, 15) is 19.5 Å². The number of nitrogens with one attached hydrogen (secondary N) is 1. The van der Waals surface area contributed by atoms with Crippen LogP contribution >= 0.6 is 35.1 Å². The first-order chi connectivity index (χ1) is 20.3. The zero-order valence-corrected chi connectivity index (χ0v) is 24.7. The van der Waals surface area contributed by atoms with Crippen LogP contribution in [0, 0.1) is 0 Å². The molecule has 17 heteroatoms. The number of amides is 2. The number of carbonyl (C=O) groups is 3. The molecular formula is C25H26N9O5S3+. The van der Waals surface area contributed by atoms with Gasteiger partial charge in [0.1, 0.15) is 34.4 Å². The number of thioether (sulfide) groups is 2. The molecule has 2 amide bonds. The van der Waals surface area contributed by atoms with Crippen LogP contribution in [0.4, 0.5) is 5.13 Å². The van der Waals surface area contributed by atoms with Crippen LogP contribution in [0.3, 0.4) is 0 Å². The number of carboxylic acids is 1. The average Bonchev–Trinajstić information content (AvgIpc) is 3.73. The Labute approximate surface area is 251 Å². The van der Waals surface area contributed by atoms with E-state index < -0.39 is 29.2 Å². The normalized spacial score (nSPS) is 21.2. The molecule has 2 atom stereocenters. The zero-order chi connectivity index (χ0) is 29.4. The number of carboxylic acid groups (broad SMARTS) is 1. The van der Waals surface area contributed by atoms with Crippen LogP contribution in [-0.4, -0.2) is 75.7 Å². The molecule has 4 N–H and O–H groups in total. The number of hydrogen-bond acceptors (Lipinski definition) is 12. The maximum Gasteiger partial charge on any atom is 0.352 e. The largest absolute Gasteiger partial charge is 0.477 e. The van der Waals surface area contributed by atoms with Gasteiger partial charge in [-0.25, -0.2) is 9.36 Å². The number of aryl methyl sites for hydroxylation is 1. The first-order valence-corrected chi connectivity index (χ1v) is 15.7. The highest BCUT2D eigenvalue weighted by Gasteiger charge is 2.54. The lowest BCUT2D eigenvalue weighted by molar-refractivity contribution is -0.644. The number of allylic oxidation sites excluding steroid dienone is 1. The molecule has 0 radical (unpaired) electrons. The van der Waals surface area contributed by atoms with Crippen LogP contribution in [0.2, 0.25) is 0 Å². The summed E-state index contributed by atoms with van der Waals surface area (Å²) in [7, 11) is 1.93. The summed E-state index contributed by atoms with van der Waals surface area (Å²) in [6, 6.07) is 2.86. The lowest BCUT2D eigenvalue weighted by Crippen LogP contribution is -2.71. The minimum Gasteiger partial charge on any atom is -0.477 e. The molecule has 3 aromatic rings. The molecule has 1 aliphatic carbocycles. The standard InChI is InChI=1S/C25H25N9O5S3/c1-32-9-10-33-16(32)7-6-15(29-33)40-11-8-13-12-41-23-18(22(36)34(23)19(13)24(37)38)27-21(35)17(20-28-25(26)42-31-20)30-39-14-4-2-3-5-14/h6-11,14,18,23H,2-5,12H2,1H3,(H3-,26,27,28,31,35,37,38)/p+1/b11-8-,30-17-/t18-,23-/m1/s1. The number of fused-ring (bicyclic) bond motifs is 2. The molecule has 218 valence electrons. The number of aliphatic carboxylic acids is 1. The summed E-state index contributed by atoms with van der Waals surface area (Å²) in [5, 5.41) is 23.3. The van der Waals surface area contributed by atoms with Crippen molar-refractivity contribution >= 4 is 69.3 Å². The van der Waals surface area contributed by atoms with Gasteiger partial charge < -0.3 is 21.0 Å². The maximum absolute atomic E-state index is 13.3. The number of hydrogen-bond donors (Lipinski definition) is 3. The Morgan fingerprint density at radius 1 is 1.33 bits per heavy atom. The van der Waals surface area contributed by atoms with Gasteiger partial charge in [-0.1, -0.05) is 22.0 Å². The van der Waals surface area contributed by atoms with Crippen LogP contribution in [-0.2, 0) is 26.3 Å². The number of nitrogens with two attached hydrogens (primary N) is 1. The van der Waals surface area contributed by atoms with Crippen LogP contribution < -0.4 is 15.6 Å². The molecule has 0 unspecified atom stereocenters. The predicted octanol–water partition coefficient (Wildman–Crippen LogP) is 1.30. The fraction of sp³-hybridized carbons (Fsp3) is 0.360. The molecule has 0 aromatic carbocycles. The first-order valence-electron chi connectivity index (χ1n) is 13.0. The van der Waals surface area contributed by atoms with E-state index in [2.05, 4.69) is 24.9 Å². The molecule has 2 fully saturated rings. The second kappa shape index (κ2) is 11.7. The van der Waals surface area contributed by atoms with Gasteiger partial charge in [-0.2, -0.15) is 9.36 Å². The lowest BCUT2D eigenvalue weighted by atomic mass is 10.0. The summed E-state index contributed by atoms with van der Waals surface area (Å²) in [6.07, 6.45) is 9.01. The smallest absolute Gasteiger partial charge is 0.352 e. The number of nitrogens with zero attached hydrogens (tertiary/aromatic N) is 7. The molecule has 1 saturated carbocycles. The number of imidazole rings is 1. The molecule has 5 heterocycles. The molecule has 0 spiro atoms. The Morgan fingerprint density at radius 2 is 2.14 bits per heavy atom. The third kappa shape index (κ3) is 5.46. The van der Waals surface area contributed by atoms with Crippen LogP contribution in [0.25, 0.3) is 5.65 Å². The van der Waals surface area contributed by atoms with Gasteiger partial charge in [-0.15, -0.1) is 16.3 Å². The topological polar surface area (TPSA) is 181 Å². The van der Waals surface area contributed by atoms with Crippen molar-refractivity contribution in [2.45, 2.75) is 48.2 Å². The molecule has 14 nitrogen and oxygen atoms in total. The monoisotopic (exact) mass is 628 g/mol. The Morgan fingerprint density at radius 3 is 2.88 bits per heavy atom. The van der Waals surface area contributed by atoms with Crippen molar-refractivity contribution in [3.05, 3.63) is 53.1 Å². The predicted molar refractivity (Wildman–Crippen MR) is 155 cm³/mol. The number of aromatic nitrogens is 5. The van der Waals surface area contributed by atoms with E-state index in [4.69, 9.17) is 10.6 Å². The maximum atomic E-state index is 13.3. The summed E-state index contributed by atoms with van der Waals surface area (Å²) in [6.45, 7) is 0. The quantitative estimate of drug-likeness (QED) is 0.102. The Hall–Kier alpha value is -3.96. The van der Waals surface area contributed by atoms with Crippen molar-refractivity contribution in [1.82, 2.24) is 29.2 Å². The van der Waals surface area contributed by atoms with Crippen LogP contribution in [0.1, 0.15) is 31.5 Å². The van der Waals surface area contributed by atoms with E-state index in [1.165, 1.54) is 28.4 Å². The highest BCUT2D eigenvalue weighted by Crippen LogP contribution is 2.41. The van der Waals surface area contributed by atoms with E-state index in [0.29, 0.717) is 11.3 Å². The van der Waals surface area contributed by atoms with Crippen molar-refractivity contribution in [3.8, 4) is 0 Å². The van der Waals surface area contributed by atoms with Gasteiger partial charge in [0.25, 0.3) is 11.8 Å². The van der Waals surface area contributed by atoms with E-state index in [1.54, 1.807) is 16.0 Å². The second-order valence-corrected chi connectivity index (χ2v) is 12.6. The summed E-state index contributed by atoms with van der Waals surface area (Å²) in [5.41, 5.74) is 6.83. The van der Waals surface area contributed by atoms with Gasteiger partial charge in [0.2, 0.25) is 11.5 Å². The molecule has 1 saturated heterocycles. The number of carbonyl (C=O) groups excluding carboxylic acids is 2. The third-order valence-corrected chi connectivity index (χ3v) is 9.59. The molecule has 3 aromatic heterocycles. The van der Waals surface area contributed by atoms with Crippen molar-refractivity contribution < 1.29 is 28.9 Å². The van der Waals surface area contributed by atoms with Gasteiger partial charge in [-0.05, 0) is 48.8 Å². The summed E-state index contributed by atoms with van der Waals surface area (Å²) < 4.78 is 7.77. The number of nitrogen functional groups attached to an aromatic ring is 1. The van der Waals surface area contributed by atoms with Crippen molar-refractivity contribution in [1.29, 1.82) is 0 Å². The zero-order valence-electron chi connectivity index (χ0n) is 22.2. The van der Waals surface area contributed by atoms with Crippen molar-refractivity contribution in [2.24, 2.45) is 12.2 Å². The highest BCUT2D eigenvalue weighted by molar-refractivity contribution is 8.02. The van der Waals surface area contributed by atoms with Gasteiger partial charge in [0.05, 0.1) is 7.05 Å². The number of anilines is 1. The third-order valence-electron chi connectivity index (χ3n) is 7.02. The van der Waals surface area contributed by atoms with E-state index in [0.717, 1.165) is 47.9 Å². The minimum atomic E-state index is -1.23. The van der Waals surface area contributed by atoms with Gasteiger partial charge in [0.15, 0.2) is 11.3 Å². The fourth-order valence-corrected chi connectivity index (χ4v) is 7.31. The second-order valence-electron chi connectivity index (χ2n) is 9.75. The fourth-order valence-electron chi connectivity index (χ4n) is 4.91. The van der Waals surface area contributed by atoms with Crippen LogP contribution in [0.5, 0.6) is 0 Å². The van der Waals surface area contributed by atoms with Gasteiger partial charge in [-0.3, -0.25) is 14.5 Å². The van der Waals surface area contributed by atoms with Crippen molar-refractivity contribution in [2.75, 3.05) is 11.5 Å². The molecule has 42 heavy (non-hydrogen) atoms. The Balaban J connectivity index is 1.16. The first kappa shape index (κ1) is 28.2. The molecule has 0 bridgehead atoms. The highest BCUT2D eigenvalue weighted by atomic mass is 32.2. The molecule has 3 aliphatic rings. The van der Waals surface area contributed by atoms with Gasteiger partial charge in [0, 0.05) is 23.4 Å². The number of β-lactam (4-membered cyclic amide) rings is 1. The Kier molecular flexibility index (Phi) is 7.87. The molecule has 2 aliphatic heterocycles. The minimum absolute atomic E-state index is 0.00303. The SMILES string of the molecule is C[n+]1ccn2nc(S/C=C\C3=C(C(=O)O)N4C(=O)[C@@H](NC(=O)/C(=N\OC5CCCC5)c5nsc(N)n5)[C@H]4SC3)ccc21. The molecular weight excluding hydrogens is 603 g/mol. The van der Waals surface area contributed by atoms with E-state index in [-0.39, 0.29) is 28.5 Å². The van der Waals surface area contributed by atoms with Gasteiger partial charge >= 0.3 is 11.6 Å². The van der Waals surface area contributed by atoms with Crippen molar-refractivity contribution in [3.63, 3.8) is 0 Å². The van der Waals surface area contributed by atoms with E-state index in [1.807, 2.05) is 36.1 Å². The van der Waals surface area contributed by atoms with Crippen LogP contribution in [0.15, 0.2) is 57.5 Å².